The zero-order chi connectivity index (χ0) is 15.5. The minimum atomic E-state index is -0.318. The molecule has 2 rings (SSSR count). The number of nitrogens with two attached hydrogens (primary N) is 1. The average Bonchev–Trinajstić information content (AvgIpc) is 2.88. The van der Waals surface area contributed by atoms with Gasteiger partial charge in [0.2, 0.25) is 11.0 Å². The maximum Gasteiger partial charge on any atom is 0.228 e. The van der Waals surface area contributed by atoms with Crippen molar-refractivity contribution in [2.75, 3.05) is 5.32 Å². The summed E-state index contributed by atoms with van der Waals surface area (Å²) < 4.78 is 0. The van der Waals surface area contributed by atoms with Crippen LogP contribution in [0, 0.1) is 0 Å². The molecule has 0 aliphatic heterocycles. The van der Waals surface area contributed by atoms with Crippen molar-refractivity contribution in [1.29, 1.82) is 0 Å². The predicted octanol–water partition coefficient (Wildman–Crippen LogP) is 2.86. The number of hydrogen-bond donors (Lipinski definition) is 2. The molecule has 1 amide bonds. The molecule has 21 heavy (non-hydrogen) atoms. The number of hydrogen-bond acceptors (Lipinski definition) is 5. The summed E-state index contributed by atoms with van der Waals surface area (Å²) >= 11 is 1.40. The largest absolute Gasteiger partial charge is 0.324 e. The van der Waals surface area contributed by atoms with Crippen LogP contribution in [0.2, 0.25) is 0 Å². The van der Waals surface area contributed by atoms with Crippen molar-refractivity contribution in [2.45, 2.75) is 38.6 Å². The van der Waals surface area contributed by atoms with Crippen molar-refractivity contribution in [3.8, 4) is 0 Å². The molecular weight excluding hydrogens is 284 g/mol. The van der Waals surface area contributed by atoms with E-state index in [2.05, 4.69) is 36.3 Å². The summed E-state index contributed by atoms with van der Waals surface area (Å²) in [5.74, 6) is -0.150. The number of rotatable bonds is 4. The Morgan fingerprint density at radius 1 is 1.29 bits per heavy atom. The molecule has 1 unspecified atom stereocenters. The van der Waals surface area contributed by atoms with Gasteiger partial charge in [0.1, 0.15) is 5.01 Å². The minimum Gasteiger partial charge on any atom is -0.324 e. The molecule has 0 spiro atoms. The molecule has 0 radical (unpaired) electrons. The summed E-state index contributed by atoms with van der Waals surface area (Å²) in [6.45, 7) is 6.18. The third-order valence-corrected chi connectivity index (χ3v) is 4.21. The Morgan fingerprint density at radius 2 is 1.95 bits per heavy atom. The summed E-state index contributed by atoms with van der Waals surface area (Å²) in [6.07, 6.45) is 0.217. The average molecular weight is 304 g/mol. The summed E-state index contributed by atoms with van der Waals surface area (Å²) in [6, 6.07) is 9.26. The van der Waals surface area contributed by atoms with Gasteiger partial charge in [0.05, 0.1) is 0 Å². The van der Waals surface area contributed by atoms with Crippen LogP contribution in [0.3, 0.4) is 0 Å². The lowest BCUT2D eigenvalue weighted by Crippen LogP contribution is -2.20. The van der Waals surface area contributed by atoms with Gasteiger partial charge in [0.15, 0.2) is 0 Å². The van der Waals surface area contributed by atoms with E-state index in [0.29, 0.717) is 5.13 Å². The molecular formula is C15H20N4OS. The van der Waals surface area contributed by atoms with Gasteiger partial charge in [0.25, 0.3) is 0 Å². The van der Waals surface area contributed by atoms with Crippen LogP contribution in [0.5, 0.6) is 0 Å². The molecule has 5 nitrogen and oxygen atoms in total. The smallest absolute Gasteiger partial charge is 0.228 e. The molecule has 1 aromatic carbocycles. The Hall–Kier alpha value is -1.79. The lowest BCUT2D eigenvalue weighted by molar-refractivity contribution is -0.116. The number of carbonyl (C=O) groups excluding carboxylic acids is 1. The Kier molecular flexibility index (Phi) is 4.69. The molecule has 0 saturated carbocycles. The van der Waals surface area contributed by atoms with Gasteiger partial charge in [-0.1, -0.05) is 62.4 Å². The molecule has 2 aromatic rings. The Balaban J connectivity index is 1.94. The quantitative estimate of drug-likeness (QED) is 0.910. The van der Waals surface area contributed by atoms with Crippen LogP contribution in [0.15, 0.2) is 30.3 Å². The number of nitrogens with zero attached hydrogens (tertiary/aromatic N) is 2. The van der Waals surface area contributed by atoms with Gasteiger partial charge in [-0.15, -0.1) is 10.2 Å². The van der Waals surface area contributed by atoms with Gasteiger partial charge in [-0.25, -0.2) is 0 Å². The van der Waals surface area contributed by atoms with Crippen molar-refractivity contribution in [3.63, 3.8) is 0 Å². The molecule has 0 saturated heterocycles. The Morgan fingerprint density at radius 3 is 2.52 bits per heavy atom. The zero-order valence-electron chi connectivity index (χ0n) is 12.5. The Labute approximate surface area is 128 Å². The van der Waals surface area contributed by atoms with Crippen molar-refractivity contribution >= 4 is 22.4 Å². The van der Waals surface area contributed by atoms with E-state index < -0.39 is 0 Å². The molecule has 0 aliphatic carbocycles. The number of carbonyl (C=O) groups is 1. The summed E-state index contributed by atoms with van der Waals surface area (Å²) in [5, 5.41) is 12.3. The first kappa shape index (κ1) is 15.6. The lowest BCUT2D eigenvalue weighted by atomic mass is 9.98. The number of anilines is 1. The topological polar surface area (TPSA) is 80.9 Å². The van der Waals surface area contributed by atoms with Crippen molar-refractivity contribution < 1.29 is 4.79 Å². The van der Waals surface area contributed by atoms with E-state index in [1.54, 1.807) is 0 Å². The van der Waals surface area contributed by atoms with Crippen molar-refractivity contribution in [1.82, 2.24) is 10.2 Å². The van der Waals surface area contributed by atoms with Gasteiger partial charge in [-0.3, -0.25) is 4.79 Å². The van der Waals surface area contributed by atoms with Crippen LogP contribution in [-0.4, -0.2) is 16.1 Å². The molecule has 112 valence electrons. The second-order valence-corrected chi connectivity index (χ2v) is 6.91. The first-order chi connectivity index (χ1) is 9.86. The van der Waals surface area contributed by atoms with Crippen LogP contribution in [-0.2, 0) is 10.2 Å². The predicted molar refractivity (Wildman–Crippen MR) is 85.2 cm³/mol. The normalized spacial score (nSPS) is 13.0. The van der Waals surface area contributed by atoms with Gasteiger partial charge >= 0.3 is 0 Å². The van der Waals surface area contributed by atoms with Crippen LogP contribution in [0.25, 0.3) is 0 Å². The number of benzene rings is 1. The molecule has 0 bridgehead atoms. The van der Waals surface area contributed by atoms with Gasteiger partial charge in [-0.2, -0.15) is 0 Å². The van der Waals surface area contributed by atoms with Crippen LogP contribution < -0.4 is 11.1 Å². The molecule has 1 atom stereocenters. The van der Waals surface area contributed by atoms with Crippen molar-refractivity contribution in [2.24, 2.45) is 5.73 Å². The fraction of sp³-hybridized carbons (Fsp3) is 0.400. The van der Waals surface area contributed by atoms with Gasteiger partial charge in [0, 0.05) is 17.9 Å². The van der Waals surface area contributed by atoms with E-state index >= 15 is 0 Å². The van der Waals surface area contributed by atoms with Crippen LogP contribution in [0.4, 0.5) is 5.13 Å². The second kappa shape index (κ2) is 6.32. The molecule has 0 aliphatic rings. The van der Waals surface area contributed by atoms with Gasteiger partial charge < -0.3 is 11.1 Å². The zero-order valence-corrected chi connectivity index (χ0v) is 13.3. The van der Waals surface area contributed by atoms with Crippen LogP contribution >= 0.6 is 11.3 Å². The maximum absolute atomic E-state index is 12.0. The van der Waals surface area contributed by atoms with Gasteiger partial charge in [-0.05, 0) is 5.56 Å². The third-order valence-electron chi connectivity index (χ3n) is 2.95. The SMILES string of the molecule is CC(C)(C)c1nnc(NC(=O)CC(N)c2ccccc2)s1. The summed E-state index contributed by atoms with van der Waals surface area (Å²) in [4.78, 5) is 12.0. The van der Waals surface area contributed by atoms with E-state index in [1.807, 2.05) is 30.3 Å². The number of amides is 1. The molecule has 1 aromatic heterocycles. The maximum atomic E-state index is 12.0. The van der Waals surface area contributed by atoms with E-state index in [-0.39, 0.29) is 23.8 Å². The standard InChI is InChI=1S/C15H20N4OS/c1-15(2,3)13-18-19-14(21-13)17-12(20)9-11(16)10-7-5-4-6-8-10/h4-8,11H,9,16H2,1-3H3,(H,17,19,20). The van der Waals surface area contributed by atoms with E-state index in [0.717, 1.165) is 10.6 Å². The fourth-order valence-corrected chi connectivity index (χ4v) is 2.58. The van der Waals surface area contributed by atoms with Crippen LogP contribution in [0.1, 0.15) is 43.8 Å². The van der Waals surface area contributed by atoms with Crippen molar-refractivity contribution in [3.05, 3.63) is 40.9 Å². The Bertz CT molecular complexity index is 604. The van der Waals surface area contributed by atoms with E-state index in [4.69, 9.17) is 5.73 Å². The first-order valence-corrected chi connectivity index (χ1v) is 7.62. The third kappa shape index (κ3) is 4.34. The molecule has 6 heteroatoms. The molecule has 3 N–H and O–H groups in total. The molecule has 1 heterocycles. The van der Waals surface area contributed by atoms with E-state index in [9.17, 15) is 4.79 Å². The highest BCUT2D eigenvalue weighted by atomic mass is 32.1. The number of aromatic nitrogens is 2. The monoisotopic (exact) mass is 304 g/mol. The molecule has 0 fully saturated rings. The second-order valence-electron chi connectivity index (χ2n) is 5.93. The van der Waals surface area contributed by atoms with E-state index in [1.165, 1.54) is 11.3 Å². The number of nitrogens with one attached hydrogen (secondary N) is 1. The highest BCUT2D eigenvalue weighted by molar-refractivity contribution is 7.15. The summed E-state index contributed by atoms with van der Waals surface area (Å²) in [7, 11) is 0. The highest BCUT2D eigenvalue weighted by Crippen LogP contribution is 2.27. The first-order valence-electron chi connectivity index (χ1n) is 6.80. The summed E-state index contributed by atoms with van der Waals surface area (Å²) in [5.41, 5.74) is 6.91. The lowest BCUT2D eigenvalue weighted by Gasteiger charge is -2.12. The minimum absolute atomic E-state index is 0.0684. The highest BCUT2D eigenvalue weighted by Gasteiger charge is 2.20. The fourth-order valence-electron chi connectivity index (χ4n) is 1.76.